The molecule has 1 amide bonds. The molecule has 5 heteroatoms. The van der Waals surface area contributed by atoms with E-state index in [1.807, 2.05) is 19.9 Å². The van der Waals surface area contributed by atoms with Crippen LogP contribution in [0.15, 0.2) is 18.2 Å². The van der Waals surface area contributed by atoms with Gasteiger partial charge in [-0.05, 0) is 44.0 Å². The van der Waals surface area contributed by atoms with E-state index in [1.54, 1.807) is 12.1 Å². The van der Waals surface area contributed by atoms with E-state index in [-0.39, 0.29) is 6.61 Å². The van der Waals surface area contributed by atoms with E-state index in [0.29, 0.717) is 5.56 Å². The molecule has 2 N–H and O–H groups in total. The highest BCUT2D eigenvalue weighted by Gasteiger charge is 2.35. The predicted octanol–water partition coefficient (Wildman–Crippen LogP) is 1.52. The molecule has 0 saturated carbocycles. The number of methoxy groups -OCH3 is 1. The molecule has 0 fully saturated rings. The largest absolute Gasteiger partial charge is 0.479 e. The Kier molecular flexibility index (Phi) is 4.67. The van der Waals surface area contributed by atoms with Crippen molar-refractivity contribution in [2.24, 2.45) is 0 Å². The fourth-order valence-electron chi connectivity index (χ4n) is 1.65. The molecule has 1 rings (SSSR count). The van der Waals surface area contributed by atoms with E-state index in [0.717, 1.165) is 11.1 Å². The molecule has 1 atom stereocenters. The van der Waals surface area contributed by atoms with Gasteiger partial charge in [0.1, 0.15) is 0 Å². The van der Waals surface area contributed by atoms with E-state index in [2.05, 4.69) is 5.32 Å². The Bertz CT molecular complexity index is 498. The van der Waals surface area contributed by atoms with E-state index in [1.165, 1.54) is 14.0 Å². The van der Waals surface area contributed by atoms with E-state index in [9.17, 15) is 9.59 Å². The summed E-state index contributed by atoms with van der Waals surface area (Å²) in [6.45, 7) is 5.16. The number of aryl methyl sites for hydroxylation is 2. The molecule has 19 heavy (non-hydrogen) atoms. The molecule has 0 aliphatic heterocycles. The van der Waals surface area contributed by atoms with Gasteiger partial charge in [0.05, 0.1) is 6.61 Å². The average molecular weight is 265 g/mol. The van der Waals surface area contributed by atoms with Crippen molar-refractivity contribution in [3.8, 4) is 0 Å². The van der Waals surface area contributed by atoms with Gasteiger partial charge in [0, 0.05) is 12.7 Å². The average Bonchev–Trinajstić information content (AvgIpc) is 2.32. The molecule has 104 valence electrons. The molecule has 1 unspecified atom stereocenters. The number of hydrogen-bond acceptors (Lipinski definition) is 3. The van der Waals surface area contributed by atoms with Crippen molar-refractivity contribution in [2.45, 2.75) is 26.3 Å². The summed E-state index contributed by atoms with van der Waals surface area (Å²) in [5, 5.41) is 11.7. The van der Waals surface area contributed by atoms with Crippen LogP contribution in [0.25, 0.3) is 0 Å². The summed E-state index contributed by atoms with van der Waals surface area (Å²) >= 11 is 0. The number of carboxylic acid groups (broad SMARTS) is 1. The lowest BCUT2D eigenvalue weighted by Gasteiger charge is -2.25. The minimum absolute atomic E-state index is 0.0983. The van der Waals surface area contributed by atoms with E-state index in [4.69, 9.17) is 9.84 Å². The third-order valence-electron chi connectivity index (χ3n) is 3.06. The highest BCUT2D eigenvalue weighted by atomic mass is 16.5. The van der Waals surface area contributed by atoms with Crippen molar-refractivity contribution >= 4 is 11.9 Å². The van der Waals surface area contributed by atoms with Gasteiger partial charge in [0.2, 0.25) is 0 Å². The van der Waals surface area contributed by atoms with Gasteiger partial charge in [0.15, 0.2) is 5.54 Å². The third-order valence-corrected chi connectivity index (χ3v) is 3.06. The zero-order chi connectivity index (χ0) is 14.6. The smallest absolute Gasteiger partial charge is 0.331 e. The van der Waals surface area contributed by atoms with Gasteiger partial charge >= 0.3 is 5.97 Å². The molecule has 1 aromatic carbocycles. The summed E-state index contributed by atoms with van der Waals surface area (Å²) in [5.74, 6) is -1.56. The van der Waals surface area contributed by atoms with Gasteiger partial charge in [-0.25, -0.2) is 4.79 Å². The van der Waals surface area contributed by atoms with Crippen LogP contribution in [0.1, 0.15) is 28.4 Å². The lowest BCUT2D eigenvalue weighted by Crippen LogP contribution is -2.55. The highest BCUT2D eigenvalue weighted by Crippen LogP contribution is 2.12. The number of amides is 1. The normalized spacial score (nSPS) is 13.7. The molecule has 0 aliphatic carbocycles. The number of nitrogens with one attached hydrogen (secondary N) is 1. The number of carbonyl (C=O) groups excluding carboxylic acids is 1. The highest BCUT2D eigenvalue weighted by molar-refractivity contribution is 5.98. The SMILES string of the molecule is COCC(C)(NC(=O)c1ccc(C)c(C)c1)C(=O)O. The Balaban J connectivity index is 2.94. The summed E-state index contributed by atoms with van der Waals surface area (Å²) in [7, 11) is 1.39. The molecule has 0 heterocycles. The van der Waals surface area contributed by atoms with Crippen molar-refractivity contribution in [3.05, 3.63) is 34.9 Å². The van der Waals surface area contributed by atoms with Gasteiger partial charge < -0.3 is 15.2 Å². The van der Waals surface area contributed by atoms with E-state index < -0.39 is 17.4 Å². The van der Waals surface area contributed by atoms with Crippen LogP contribution in [0.5, 0.6) is 0 Å². The van der Waals surface area contributed by atoms with Crippen LogP contribution >= 0.6 is 0 Å². The van der Waals surface area contributed by atoms with Crippen molar-refractivity contribution in [3.63, 3.8) is 0 Å². The first kappa shape index (κ1) is 15.2. The molecule has 1 aromatic rings. The zero-order valence-electron chi connectivity index (χ0n) is 11.6. The molecular formula is C14H19NO4. The predicted molar refractivity (Wildman–Crippen MR) is 71.3 cm³/mol. The molecule has 0 spiro atoms. The van der Waals surface area contributed by atoms with Gasteiger partial charge in [-0.1, -0.05) is 6.07 Å². The number of carbonyl (C=O) groups is 2. The summed E-state index contributed by atoms with van der Waals surface area (Å²) in [6, 6.07) is 5.24. The quantitative estimate of drug-likeness (QED) is 0.846. The molecule has 0 aromatic heterocycles. The lowest BCUT2D eigenvalue weighted by molar-refractivity contribution is -0.145. The summed E-state index contributed by atoms with van der Waals surface area (Å²) < 4.78 is 4.85. The molecule has 0 bridgehead atoms. The summed E-state index contributed by atoms with van der Waals surface area (Å²) in [5.41, 5.74) is 1.06. The maximum atomic E-state index is 12.1. The Morgan fingerprint density at radius 2 is 1.95 bits per heavy atom. The first-order chi connectivity index (χ1) is 8.80. The van der Waals surface area contributed by atoms with Crippen molar-refractivity contribution < 1.29 is 19.4 Å². The molecule has 0 radical (unpaired) electrons. The van der Waals surface area contributed by atoms with Gasteiger partial charge in [-0.15, -0.1) is 0 Å². The molecule has 0 saturated heterocycles. The van der Waals surface area contributed by atoms with Crippen LogP contribution in [0.3, 0.4) is 0 Å². The molecular weight excluding hydrogens is 246 g/mol. The number of aliphatic carboxylic acids is 1. The topological polar surface area (TPSA) is 75.6 Å². The summed E-state index contributed by atoms with van der Waals surface area (Å²) in [6.07, 6.45) is 0. The fourth-order valence-corrected chi connectivity index (χ4v) is 1.65. The number of hydrogen-bond donors (Lipinski definition) is 2. The van der Waals surface area contributed by atoms with Crippen molar-refractivity contribution in [1.29, 1.82) is 0 Å². The van der Waals surface area contributed by atoms with E-state index >= 15 is 0 Å². The zero-order valence-corrected chi connectivity index (χ0v) is 11.6. The minimum atomic E-state index is -1.44. The standard InChI is InChI=1S/C14H19NO4/c1-9-5-6-11(7-10(9)2)12(16)15-14(3,8-19-4)13(17)18/h5-7H,8H2,1-4H3,(H,15,16)(H,17,18). The monoisotopic (exact) mass is 265 g/mol. The van der Waals surface area contributed by atoms with Crippen molar-refractivity contribution in [2.75, 3.05) is 13.7 Å². The summed E-state index contributed by atoms with van der Waals surface area (Å²) in [4.78, 5) is 23.3. The lowest BCUT2D eigenvalue weighted by atomic mass is 10.0. The van der Waals surface area contributed by atoms with Gasteiger partial charge in [0.25, 0.3) is 5.91 Å². The maximum Gasteiger partial charge on any atom is 0.331 e. The number of rotatable bonds is 5. The Hall–Kier alpha value is -1.88. The molecule has 0 aliphatic rings. The first-order valence-electron chi connectivity index (χ1n) is 5.92. The van der Waals surface area contributed by atoms with Crippen LogP contribution in [0.2, 0.25) is 0 Å². The number of ether oxygens (including phenoxy) is 1. The van der Waals surface area contributed by atoms with Crippen LogP contribution in [0.4, 0.5) is 0 Å². The maximum absolute atomic E-state index is 12.1. The van der Waals surface area contributed by atoms with Crippen LogP contribution < -0.4 is 5.32 Å². The van der Waals surface area contributed by atoms with Crippen LogP contribution in [-0.2, 0) is 9.53 Å². The number of benzene rings is 1. The third kappa shape index (κ3) is 3.54. The second-order valence-electron chi connectivity index (χ2n) is 4.82. The Morgan fingerprint density at radius 1 is 1.32 bits per heavy atom. The first-order valence-corrected chi connectivity index (χ1v) is 5.92. The number of carboxylic acids is 1. The minimum Gasteiger partial charge on any atom is -0.479 e. The Morgan fingerprint density at radius 3 is 2.42 bits per heavy atom. The second kappa shape index (κ2) is 5.84. The second-order valence-corrected chi connectivity index (χ2v) is 4.82. The van der Waals surface area contributed by atoms with Crippen LogP contribution in [0, 0.1) is 13.8 Å². The van der Waals surface area contributed by atoms with Gasteiger partial charge in [-0.2, -0.15) is 0 Å². The van der Waals surface area contributed by atoms with Crippen LogP contribution in [-0.4, -0.2) is 36.2 Å². The van der Waals surface area contributed by atoms with Crippen molar-refractivity contribution in [1.82, 2.24) is 5.32 Å². The molecule has 5 nitrogen and oxygen atoms in total. The Labute approximate surface area is 112 Å². The fraction of sp³-hybridized carbons (Fsp3) is 0.429. The van der Waals surface area contributed by atoms with Gasteiger partial charge in [-0.3, -0.25) is 4.79 Å².